The molecule has 1 unspecified atom stereocenters. The Hall–Kier alpha value is -1.65. The number of rotatable bonds is 3. The number of hydrogen-bond acceptors (Lipinski definition) is 4. The molecule has 0 spiro atoms. The highest BCUT2D eigenvalue weighted by Gasteiger charge is 2.53. The van der Waals surface area contributed by atoms with Gasteiger partial charge in [0.25, 0.3) is 5.91 Å². The van der Waals surface area contributed by atoms with Crippen LogP contribution in [0.3, 0.4) is 0 Å². The molecule has 1 aromatic carbocycles. The quantitative estimate of drug-likeness (QED) is 0.756. The molecule has 0 radical (unpaired) electrons. The van der Waals surface area contributed by atoms with Crippen LogP contribution in [0.15, 0.2) is 29.2 Å². The van der Waals surface area contributed by atoms with E-state index in [4.69, 9.17) is 10.9 Å². The van der Waals surface area contributed by atoms with E-state index in [0.717, 1.165) is 24.3 Å². The van der Waals surface area contributed by atoms with Gasteiger partial charge < -0.3 is 11.1 Å². The number of nitrogens with one attached hydrogen (secondary N) is 1. The Morgan fingerprint density at radius 3 is 2.00 bits per heavy atom. The summed E-state index contributed by atoms with van der Waals surface area (Å²) >= 11 is 0. The summed E-state index contributed by atoms with van der Waals surface area (Å²) in [6.45, 7) is 0.529. The van der Waals surface area contributed by atoms with E-state index in [0.29, 0.717) is 6.92 Å². The van der Waals surface area contributed by atoms with Gasteiger partial charge in [-0.2, -0.15) is 13.2 Å². The van der Waals surface area contributed by atoms with E-state index < -0.39 is 27.6 Å². The number of amides is 1. The van der Waals surface area contributed by atoms with Gasteiger partial charge in [0.05, 0.1) is 4.90 Å². The third-order valence-corrected chi connectivity index (χ3v) is 3.43. The number of alkyl halides is 3. The molecule has 0 aromatic heterocycles. The number of carbonyl (C=O) groups excluding carboxylic acids is 1. The summed E-state index contributed by atoms with van der Waals surface area (Å²) in [6, 6.07) is 4.30. The van der Waals surface area contributed by atoms with Crippen molar-refractivity contribution < 1.29 is 26.4 Å². The van der Waals surface area contributed by atoms with Gasteiger partial charge in [0.2, 0.25) is 10.0 Å². The number of halogens is 3. The van der Waals surface area contributed by atoms with Crippen molar-refractivity contribution in [3.05, 3.63) is 24.3 Å². The van der Waals surface area contributed by atoms with Crippen molar-refractivity contribution in [2.75, 3.05) is 5.32 Å². The minimum atomic E-state index is -4.92. The van der Waals surface area contributed by atoms with Crippen LogP contribution in [0, 0.1) is 0 Å². The van der Waals surface area contributed by atoms with Crippen LogP contribution in [0.2, 0.25) is 0 Å². The smallest absolute Gasteiger partial charge is 0.324 e. The van der Waals surface area contributed by atoms with Crippen molar-refractivity contribution in [2.24, 2.45) is 10.9 Å². The van der Waals surface area contributed by atoms with Crippen molar-refractivity contribution in [3.63, 3.8) is 0 Å². The molecule has 10 heteroatoms. The van der Waals surface area contributed by atoms with Crippen LogP contribution in [0.4, 0.5) is 18.9 Å². The van der Waals surface area contributed by atoms with E-state index in [1.165, 1.54) is 0 Å². The molecule has 6 nitrogen and oxygen atoms in total. The minimum Gasteiger partial charge on any atom is -0.324 e. The number of carbonyl (C=O) groups is 1. The molecule has 0 aliphatic heterocycles. The second-order valence-corrected chi connectivity index (χ2v) is 5.79. The van der Waals surface area contributed by atoms with Crippen molar-refractivity contribution in [1.82, 2.24) is 0 Å². The Morgan fingerprint density at radius 1 is 1.20 bits per heavy atom. The lowest BCUT2D eigenvalue weighted by atomic mass is 10.0. The highest BCUT2D eigenvalue weighted by Crippen LogP contribution is 2.29. The predicted molar refractivity (Wildman–Crippen MR) is 65.1 cm³/mol. The topological polar surface area (TPSA) is 115 Å². The van der Waals surface area contributed by atoms with E-state index in [9.17, 15) is 26.4 Å². The molecule has 0 bridgehead atoms. The van der Waals surface area contributed by atoms with Crippen LogP contribution in [0.5, 0.6) is 0 Å². The summed E-state index contributed by atoms with van der Waals surface area (Å²) in [4.78, 5) is 11.2. The molecule has 0 heterocycles. The predicted octanol–water partition coefficient (Wildman–Crippen LogP) is 0.552. The molecule has 1 atom stereocenters. The summed E-state index contributed by atoms with van der Waals surface area (Å²) in [5, 5.41) is 6.80. The van der Waals surface area contributed by atoms with Crippen LogP contribution in [0.25, 0.3) is 0 Å². The van der Waals surface area contributed by atoms with Gasteiger partial charge >= 0.3 is 6.18 Å². The summed E-state index contributed by atoms with van der Waals surface area (Å²) in [5.41, 5.74) is 1.83. The fraction of sp³-hybridized carbons (Fsp3) is 0.300. The molecule has 112 valence electrons. The number of benzene rings is 1. The van der Waals surface area contributed by atoms with E-state index in [2.05, 4.69) is 0 Å². The molecule has 0 aliphatic carbocycles. The largest absolute Gasteiger partial charge is 0.415 e. The zero-order valence-corrected chi connectivity index (χ0v) is 11.0. The van der Waals surface area contributed by atoms with E-state index in [1.807, 2.05) is 5.32 Å². The van der Waals surface area contributed by atoms with Crippen molar-refractivity contribution in [2.45, 2.75) is 23.5 Å². The lowest BCUT2D eigenvalue weighted by Gasteiger charge is -2.26. The molecule has 5 N–H and O–H groups in total. The summed E-state index contributed by atoms with van der Waals surface area (Å²) in [7, 11) is -3.92. The lowest BCUT2D eigenvalue weighted by molar-refractivity contribution is -0.184. The standard InChI is InChI=1S/C10H12F3N3O3S/c1-9(14,10(11,12)13)8(17)16-6-2-4-7(5-3-6)20(15,18)19/h2-5H,14H2,1H3,(H,16,17)(H2,15,18,19). The van der Waals surface area contributed by atoms with Crippen LogP contribution in [0.1, 0.15) is 6.92 Å². The summed E-state index contributed by atoms with van der Waals surface area (Å²) < 4.78 is 59.5. The van der Waals surface area contributed by atoms with Gasteiger partial charge in [0.15, 0.2) is 5.54 Å². The van der Waals surface area contributed by atoms with Crippen molar-refractivity contribution in [3.8, 4) is 0 Å². The number of sulfonamides is 1. The van der Waals surface area contributed by atoms with Crippen LogP contribution < -0.4 is 16.2 Å². The first-order valence-corrected chi connectivity index (χ1v) is 6.70. The maximum atomic E-state index is 12.5. The average Bonchev–Trinajstić information content (AvgIpc) is 2.26. The fourth-order valence-corrected chi connectivity index (χ4v) is 1.63. The second kappa shape index (κ2) is 5.04. The molecule has 0 aliphatic rings. The monoisotopic (exact) mass is 311 g/mol. The van der Waals surface area contributed by atoms with Crippen LogP contribution >= 0.6 is 0 Å². The molecule has 20 heavy (non-hydrogen) atoms. The molecule has 1 aromatic rings. The Balaban J connectivity index is 2.93. The third kappa shape index (κ3) is 3.46. The highest BCUT2D eigenvalue weighted by atomic mass is 32.2. The summed E-state index contributed by atoms with van der Waals surface area (Å²) in [5.74, 6) is -1.46. The first-order chi connectivity index (χ1) is 8.85. The fourth-order valence-electron chi connectivity index (χ4n) is 1.12. The molecular weight excluding hydrogens is 299 g/mol. The zero-order chi connectivity index (χ0) is 15.8. The molecular formula is C10H12F3N3O3S. The third-order valence-electron chi connectivity index (χ3n) is 2.50. The maximum absolute atomic E-state index is 12.5. The zero-order valence-electron chi connectivity index (χ0n) is 10.2. The summed E-state index contributed by atoms with van der Waals surface area (Å²) in [6.07, 6.45) is -4.92. The van der Waals surface area contributed by atoms with Gasteiger partial charge in [-0.05, 0) is 31.2 Å². The Kier molecular flexibility index (Phi) is 4.13. The minimum absolute atomic E-state index is 0.0386. The number of nitrogens with two attached hydrogens (primary N) is 2. The molecule has 0 saturated carbocycles. The second-order valence-electron chi connectivity index (χ2n) is 4.22. The van der Waals surface area contributed by atoms with Gasteiger partial charge in [-0.3, -0.25) is 4.79 Å². The van der Waals surface area contributed by atoms with Crippen molar-refractivity contribution in [1.29, 1.82) is 0 Å². The Labute approximate surface area is 113 Å². The van der Waals surface area contributed by atoms with Gasteiger partial charge in [-0.15, -0.1) is 0 Å². The van der Waals surface area contributed by atoms with E-state index in [1.54, 1.807) is 0 Å². The van der Waals surface area contributed by atoms with Gasteiger partial charge in [0.1, 0.15) is 0 Å². The van der Waals surface area contributed by atoms with E-state index >= 15 is 0 Å². The van der Waals surface area contributed by atoms with Crippen molar-refractivity contribution >= 4 is 21.6 Å². The Morgan fingerprint density at radius 2 is 1.65 bits per heavy atom. The first-order valence-electron chi connectivity index (χ1n) is 5.15. The van der Waals surface area contributed by atoms with Crippen LogP contribution in [-0.4, -0.2) is 26.0 Å². The molecule has 1 amide bonds. The number of anilines is 1. The Bertz CT molecular complexity index is 609. The number of primary sulfonamides is 1. The van der Waals surface area contributed by atoms with Gasteiger partial charge in [-0.1, -0.05) is 0 Å². The highest BCUT2D eigenvalue weighted by molar-refractivity contribution is 7.89. The van der Waals surface area contributed by atoms with E-state index in [-0.39, 0.29) is 10.6 Å². The normalized spacial score (nSPS) is 15.5. The molecule has 1 rings (SSSR count). The molecule has 0 saturated heterocycles. The van der Waals surface area contributed by atoms with Crippen LogP contribution in [-0.2, 0) is 14.8 Å². The maximum Gasteiger partial charge on any atom is 0.415 e. The molecule has 0 fully saturated rings. The van der Waals surface area contributed by atoms with Gasteiger partial charge in [0, 0.05) is 5.69 Å². The average molecular weight is 311 g/mol. The van der Waals surface area contributed by atoms with Gasteiger partial charge in [-0.25, -0.2) is 13.6 Å². The number of hydrogen-bond donors (Lipinski definition) is 3. The SMILES string of the molecule is CC(N)(C(=O)Nc1ccc(S(N)(=O)=O)cc1)C(F)(F)F. The lowest BCUT2D eigenvalue weighted by Crippen LogP contribution is -2.59. The first kappa shape index (κ1) is 16.4.